The van der Waals surface area contributed by atoms with E-state index in [1.165, 1.54) is 6.07 Å². The quantitative estimate of drug-likeness (QED) is 0.557. The van der Waals surface area contributed by atoms with Gasteiger partial charge in [-0.15, -0.1) is 13.2 Å². The van der Waals surface area contributed by atoms with Crippen LogP contribution in [-0.2, 0) is 11.8 Å². The molecule has 1 N–H and O–H groups in total. The Balaban J connectivity index is 1.50. The smallest absolute Gasteiger partial charge is 0.403 e. The fourth-order valence-corrected chi connectivity index (χ4v) is 5.04. The Morgan fingerprint density at radius 3 is 2.49 bits per heavy atom. The van der Waals surface area contributed by atoms with Gasteiger partial charge >= 0.3 is 6.36 Å². The van der Waals surface area contributed by atoms with Crippen LogP contribution in [0.3, 0.4) is 0 Å². The van der Waals surface area contributed by atoms with Crippen molar-refractivity contribution < 1.29 is 31.9 Å². The van der Waals surface area contributed by atoms with Crippen molar-refractivity contribution in [2.24, 2.45) is 7.05 Å². The average molecular weight is 526 g/mol. The Hall–Kier alpha value is -3.15. The molecule has 12 heteroatoms. The summed E-state index contributed by atoms with van der Waals surface area (Å²) < 4.78 is 57.5. The molecule has 2 heterocycles. The van der Waals surface area contributed by atoms with Crippen LogP contribution < -0.4 is 15.0 Å². The van der Waals surface area contributed by atoms with Crippen LogP contribution >= 0.6 is 0 Å². The highest BCUT2D eigenvalue weighted by molar-refractivity contribution is 6.01. The number of benzene rings is 1. The lowest BCUT2D eigenvalue weighted by Crippen LogP contribution is -2.51. The molecule has 8 nitrogen and oxygen atoms in total. The number of nitrogens with one attached hydrogen (secondary N) is 1. The van der Waals surface area contributed by atoms with Gasteiger partial charge in [-0.1, -0.05) is 26.8 Å². The summed E-state index contributed by atoms with van der Waals surface area (Å²) in [6, 6.07) is 3.17. The van der Waals surface area contributed by atoms with Gasteiger partial charge in [0.15, 0.2) is 17.3 Å². The lowest BCUT2D eigenvalue weighted by atomic mass is 9.96. The number of anilines is 1. The molecule has 1 aliphatic heterocycles. The molecule has 2 aliphatic rings. The Labute approximate surface area is 212 Å². The molecule has 1 aromatic heterocycles. The zero-order valence-corrected chi connectivity index (χ0v) is 21.2. The minimum atomic E-state index is -5.02. The van der Waals surface area contributed by atoms with Crippen molar-refractivity contribution in [1.29, 1.82) is 0 Å². The number of ketones is 1. The SMILES string of the molecule is CC(C)NC[C@@H](C(=O)N1CCN(c2c3c(nn2C)C(=O)C[C@H]3C)CC1)c1ccc(OC(F)(F)F)c(F)c1. The fraction of sp³-hybridized carbons (Fsp3) is 0.560. The third kappa shape index (κ3) is 5.73. The minimum absolute atomic E-state index is 0.0394. The lowest BCUT2D eigenvalue weighted by molar-refractivity contribution is -0.275. The number of Topliss-reactive ketones (excluding diaryl/α,β-unsaturated/α-hetero) is 1. The van der Waals surface area contributed by atoms with Crippen molar-refractivity contribution in [2.75, 3.05) is 37.6 Å². The molecule has 1 aliphatic carbocycles. The van der Waals surface area contributed by atoms with Gasteiger partial charge in [0.1, 0.15) is 11.5 Å². The van der Waals surface area contributed by atoms with Crippen molar-refractivity contribution in [2.45, 2.75) is 51.4 Å². The van der Waals surface area contributed by atoms with E-state index in [4.69, 9.17) is 0 Å². The van der Waals surface area contributed by atoms with E-state index < -0.39 is 23.8 Å². The maximum atomic E-state index is 14.5. The van der Waals surface area contributed by atoms with Gasteiger partial charge in [-0.05, 0) is 23.6 Å². The molecule has 37 heavy (non-hydrogen) atoms. The molecule has 2 aromatic rings. The van der Waals surface area contributed by atoms with E-state index in [-0.39, 0.29) is 35.8 Å². The van der Waals surface area contributed by atoms with Gasteiger partial charge in [-0.3, -0.25) is 14.3 Å². The number of hydrogen-bond donors (Lipinski definition) is 1. The third-order valence-electron chi connectivity index (χ3n) is 6.80. The second kappa shape index (κ2) is 10.3. The van der Waals surface area contributed by atoms with Crippen molar-refractivity contribution in [3.63, 3.8) is 0 Å². The number of aromatic nitrogens is 2. The van der Waals surface area contributed by atoms with Crippen LogP contribution in [0.2, 0.25) is 0 Å². The number of aryl methyl sites for hydroxylation is 1. The van der Waals surface area contributed by atoms with Gasteiger partial charge in [0.2, 0.25) is 5.91 Å². The average Bonchev–Trinajstić information content (AvgIpc) is 3.30. The molecule has 1 saturated heterocycles. The van der Waals surface area contributed by atoms with Crippen molar-refractivity contribution >= 4 is 17.5 Å². The Kier molecular flexibility index (Phi) is 7.50. The number of carbonyl (C=O) groups excluding carboxylic acids is 2. The number of fused-ring (bicyclic) bond motifs is 1. The Morgan fingerprint density at radius 1 is 1.22 bits per heavy atom. The molecule has 0 unspecified atom stereocenters. The summed E-state index contributed by atoms with van der Waals surface area (Å²) in [5, 5.41) is 7.60. The predicted molar refractivity (Wildman–Crippen MR) is 128 cm³/mol. The second-order valence-corrected chi connectivity index (χ2v) is 9.90. The first-order chi connectivity index (χ1) is 17.4. The topological polar surface area (TPSA) is 79.7 Å². The van der Waals surface area contributed by atoms with Crippen LogP contribution in [0.25, 0.3) is 0 Å². The lowest BCUT2D eigenvalue weighted by Gasteiger charge is -2.38. The van der Waals surface area contributed by atoms with Crippen LogP contribution in [-0.4, -0.2) is 71.5 Å². The van der Waals surface area contributed by atoms with E-state index >= 15 is 0 Å². The van der Waals surface area contributed by atoms with Crippen molar-refractivity contribution in [1.82, 2.24) is 20.0 Å². The Morgan fingerprint density at radius 2 is 1.89 bits per heavy atom. The molecule has 0 saturated carbocycles. The van der Waals surface area contributed by atoms with Crippen molar-refractivity contribution in [3.8, 4) is 5.75 Å². The summed E-state index contributed by atoms with van der Waals surface area (Å²) in [5.41, 5.74) is 1.73. The molecule has 0 spiro atoms. The van der Waals surface area contributed by atoms with Gasteiger partial charge < -0.3 is 19.9 Å². The monoisotopic (exact) mass is 525 g/mol. The van der Waals surface area contributed by atoms with Crippen LogP contribution in [0, 0.1) is 5.82 Å². The van der Waals surface area contributed by atoms with E-state index in [2.05, 4.69) is 20.1 Å². The van der Waals surface area contributed by atoms with Crippen LogP contribution in [0.15, 0.2) is 18.2 Å². The maximum absolute atomic E-state index is 14.5. The number of piperazine rings is 1. The van der Waals surface area contributed by atoms with Crippen LogP contribution in [0.5, 0.6) is 5.75 Å². The van der Waals surface area contributed by atoms with Crippen molar-refractivity contribution in [3.05, 3.63) is 40.8 Å². The summed E-state index contributed by atoms with van der Waals surface area (Å²) >= 11 is 0. The second-order valence-electron chi connectivity index (χ2n) is 9.90. The molecule has 2 atom stereocenters. The zero-order chi connectivity index (χ0) is 27.1. The predicted octanol–water partition coefficient (Wildman–Crippen LogP) is 3.58. The highest BCUT2D eigenvalue weighted by Crippen LogP contribution is 2.39. The number of carbonyl (C=O) groups is 2. The fourth-order valence-electron chi connectivity index (χ4n) is 5.04. The van der Waals surface area contributed by atoms with Gasteiger partial charge in [0, 0.05) is 57.8 Å². The number of rotatable bonds is 7. The number of ether oxygens (including phenoxy) is 1. The maximum Gasteiger partial charge on any atom is 0.573 e. The largest absolute Gasteiger partial charge is 0.573 e. The molecule has 1 fully saturated rings. The van der Waals surface area contributed by atoms with Gasteiger partial charge in [-0.2, -0.15) is 5.10 Å². The number of nitrogens with zero attached hydrogens (tertiary/aromatic N) is 4. The third-order valence-corrected chi connectivity index (χ3v) is 6.80. The first-order valence-electron chi connectivity index (χ1n) is 12.3. The van der Waals surface area contributed by atoms with E-state index in [9.17, 15) is 27.2 Å². The van der Waals surface area contributed by atoms with Crippen LogP contribution in [0.1, 0.15) is 60.6 Å². The summed E-state index contributed by atoms with van der Waals surface area (Å²) in [4.78, 5) is 29.6. The summed E-state index contributed by atoms with van der Waals surface area (Å²) in [5.74, 6) is -2.15. The van der Waals surface area contributed by atoms with E-state index in [1.807, 2.05) is 20.8 Å². The normalized spacial score (nSPS) is 18.9. The standard InChI is InChI=1S/C25H31F4N5O3/c1-14(2)30-13-17(16-5-6-20(18(26)12-16)37-25(27,28)29)24(36)34-9-7-33(8-10-34)23-21-15(3)11-19(35)22(21)31-32(23)4/h5-6,12,14-15,17,30H,7-11,13H2,1-4H3/t15-,17-/m1/s1. The highest BCUT2D eigenvalue weighted by Gasteiger charge is 2.37. The highest BCUT2D eigenvalue weighted by atomic mass is 19.4. The number of amides is 1. The first kappa shape index (κ1) is 26.9. The molecule has 1 amide bonds. The van der Waals surface area contributed by atoms with Gasteiger partial charge in [0.25, 0.3) is 0 Å². The van der Waals surface area contributed by atoms with E-state index in [1.54, 1.807) is 16.6 Å². The van der Waals surface area contributed by atoms with E-state index in [0.717, 1.165) is 23.5 Å². The molecule has 202 valence electrons. The molecule has 0 bridgehead atoms. The Bertz CT molecular complexity index is 1170. The molecule has 4 rings (SSSR count). The number of hydrogen-bond acceptors (Lipinski definition) is 6. The van der Waals surface area contributed by atoms with Crippen LogP contribution in [0.4, 0.5) is 23.4 Å². The first-order valence-corrected chi connectivity index (χ1v) is 12.3. The molecule has 1 aromatic carbocycles. The minimum Gasteiger partial charge on any atom is -0.403 e. The van der Waals surface area contributed by atoms with Gasteiger partial charge in [0.05, 0.1) is 5.92 Å². The number of halogens is 4. The number of alkyl halides is 3. The molecule has 0 radical (unpaired) electrons. The summed E-state index contributed by atoms with van der Waals surface area (Å²) in [7, 11) is 1.81. The van der Waals surface area contributed by atoms with E-state index in [0.29, 0.717) is 38.3 Å². The summed E-state index contributed by atoms with van der Waals surface area (Å²) in [6.45, 7) is 7.85. The van der Waals surface area contributed by atoms with Gasteiger partial charge in [-0.25, -0.2) is 4.39 Å². The zero-order valence-electron chi connectivity index (χ0n) is 21.2. The molecular weight excluding hydrogens is 494 g/mol. The summed E-state index contributed by atoms with van der Waals surface area (Å²) in [6.07, 6.45) is -4.58. The molecular formula is C25H31F4N5O3.